The number of nitrogens with one attached hydrogen (secondary N) is 2. The van der Waals surface area contributed by atoms with E-state index >= 15 is 0 Å². The monoisotopic (exact) mass is 434 g/mol. The molecule has 0 unspecified atom stereocenters. The van der Waals surface area contributed by atoms with E-state index in [1.807, 2.05) is 31.2 Å². The molecule has 0 aliphatic carbocycles. The van der Waals surface area contributed by atoms with Crippen molar-refractivity contribution in [3.63, 3.8) is 0 Å². The van der Waals surface area contributed by atoms with Crippen LogP contribution >= 0.6 is 12.2 Å². The molecule has 0 spiro atoms. The molecular formula is C21H21F3N4OS. The van der Waals surface area contributed by atoms with E-state index in [1.165, 1.54) is 12.1 Å². The third-order valence-corrected chi connectivity index (χ3v) is 4.96. The summed E-state index contributed by atoms with van der Waals surface area (Å²) in [4.78, 5) is 12.2. The topological polar surface area (TPSA) is 62.7 Å². The van der Waals surface area contributed by atoms with Crippen LogP contribution in [-0.2, 0) is 23.9 Å². The second-order valence-corrected chi connectivity index (χ2v) is 7.30. The Morgan fingerprint density at radius 3 is 2.43 bits per heavy atom. The van der Waals surface area contributed by atoms with Crippen LogP contribution in [-0.4, -0.2) is 27.2 Å². The van der Waals surface area contributed by atoms with Crippen LogP contribution in [0.3, 0.4) is 0 Å². The number of nitrogens with zero attached hydrogens (tertiary/aromatic N) is 2. The molecule has 3 aromatic rings. The number of aromatic amines is 1. The van der Waals surface area contributed by atoms with Gasteiger partial charge in [0.2, 0.25) is 5.91 Å². The van der Waals surface area contributed by atoms with Crippen LogP contribution < -0.4 is 5.32 Å². The lowest BCUT2D eigenvalue weighted by Gasteiger charge is -2.09. The number of aromatic nitrogens is 3. The molecule has 0 saturated heterocycles. The van der Waals surface area contributed by atoms with E-state index in [-0.39, 0.29) is 12.3 Å². The van der Waals surface area contributed by atoms with Gasteiger partial charge in [0.25, 0.3) is 0 Å². The Bertz CT molecular complexity index is 1050. The molecule has 1 heterocycles. The van der Waals surface area contributed by atoms with Gasteiger partial charge in [-0.15, -0.1) is 0 Å². The number of rotatable bonds is 7. The minimum absolute atomic E-state index is 0.167. The van der Waals surface area contributed by atoms with Crippen molar-refractivity contribution in [2.75, 3.05) is 6.54 Å². The summed E-state index contributed by atoms with van der Waals surface area (Å²) >= 11 is 5.27. The van der Waals surface area contributed by atoms with Crippen LogP contribution in [0.5, 0.6) is 0 Å². The fraction of sp³-hybridized carbons (Fsp3) is 0.286. The maximum Gasteiger partial charge on any atom is 0.416 e. The summed E-state index contributed by atoms with van der Waals surface area (Å²) in [5, 5.41) is 9.80. The van der Waals surface area contributed by atoms with Crippen molar-refractivity contribution in [2.45, 2.75) is 32.5 Å². The van der Waals surface area contributed by atoms with Crippen LogP contribution in [0.4, 0.5) is 13.2 Å². The molecule has 158 valence electrons. The lowest BCUT2D eigenvalue weighted by molar-refractivity contribution is -0.137. The first-order chi connectivity index (χ1) is 14.2. The van der Waals surface area contributed by atoms with Crippen molar-refractivity contribution in [3.8, 4) is 11.4 Å². The number of aryl methyl sites for hydroxylation is 1. The summed E-state index contributed by atoms with van der Waals surface area (Å²) < 4.78 is 40.0. The third-order valence-electron chi connectivity index (χ3n) is 4.65. The highest BCUT2D eigenvalue weighted by molar-refractivity contribution is 7.71. The summed E-state index contributed by atoms with van der Waals surface area (Å²) in [6.07, 6.45) is -3.69. The highest BCUT2D eigenvalue weighted by Gasteiger charge is 2.29. The highest BCUT2D eigenvalue weighted by Crippen LogP contribution is 2.29. The first-order valence-corrected chi connectivity index (χ1v) is 9.80. The van der Waals surface area contributed by atoms with Gasteiger partial charge in [0.1, 0.15) is 0 Å². The van der Waals surface area contributed by atoms with Crippen LogP contribution in [0.15, 0.2) is 48.5 Å². The molecule has 3 rings (SSSR count). The molecule has 0 aliphatic rings. The van der Waals surface area contributed by atoms with Crippen LogP contribution in [0.1, 0.15) is 23.1 Å². The minimum atomic E-state index is -4.35. The molecule has 2 N–H and O–H groups in total. The number of carbonyl (C=O) groups excluding carboxylic acids is 1. The number of hydrogen-bond donors (Lipinski definition) is 2. The predicted octanol–water partition coefficient (Wildman–Crippen LogP) is 4.68. The first kappa shape index (κ1) is 21.8. The lowest BCUT2D eigenvalue weighted by atomic mass is 10.1. The average Bonchev–Trinajstić information content (AvgIpc) is 3.07. The van der Waals surface area contributed by atoms with Gasteiger partial charge in [-0.25, -0.2) is 0 Å². The van der Waals surface area contributed by atoms with E-state index in [2.05, 4.69) is 15.5 Å². The van der Waals surface area contributed by atoms with E-state index in [0.29, 0.717) is 30.1 Å². The summed E-state index contributed by atoms with van der Waals surface area (Å²) in [6.45, 7) is 2.70. The Kier molecular flexibility index (Phi) is 6.71. The normalized spacial score (nSPS) is 11.5. The molecule has 1 amide bonds. The minimum Gasteiger partial charge on any atom is -0.356 e. The van der Waals surface area contributed by atoms with Gasteiger partial charge in [-0.05, 0) is 43.3 Å². The Balaban J connectivity index is 1.51. The lowest BCUT2D eigenvalue weighted by Crippen LogP contribution is -2.26. The zero-order chi connectivity index (χ0) is 21.7. The molecule has 0 bridgehead atoms. The van der Waals surface area contributed by atoms with Gasteiger partial charge in [0.15, 0.2) is 10.6 Å². The number of halogens is 3. The van der Waals surface area contributed by atoms with Crippen molar-refractivity contribution in [1.29, 1.82) is 0 Å². The van der Waals surface area contributed by atoms with E-state index < -0.39 is 11.7 Å². The molecular weight excluding hydrogens is 413 g/mol. The van der Waals surface area contributed by atoms with Crippen LogP contribution in [0, 0.1) is 11.7 Å². The van der Waals surface area contributed by atoms with Gasteiger partial charge in [-0.2, -0.15) is 18.3 Å². The summed E-state index contributed by atoms with van der Waals surface area (Å²) in [7, 11) is 0. The number of benzene rings is 2. The number of amides is 1. The van der Waals surface area contributed by atoms with Gasteiger partial charge in [0.05, 0.1) is 5.56 Å². The van der Waals surface area contributed by atoms with Crippen molar-refractivity contribution < 1.29 is 18.0 Å². The number of carbonyl (C=O) groups is 1. The second kappa shape index (κ2) is 9.25. The molecule has 0 aliphatic heterocycles. The summed E-state index contributed by atoms with van der Waals surface area (Å²) in [5.74, 6) is 0.498. The largest absolute Gasteiger partial charge is 0.416 e. The Morgan fingerprint density at radius 2 is 1.80 bits per heavy atom. The van der Waals surface area contributed by atoms with E-state index in [1.54, 1.807) is 4.57 Å². The second-order valence-electron chi connectivity index (χ2n) is 6.91. The molecule has 0 atom stereocenters. The van der Waals surface area contributed by atoms with E-state index in [4.69, 9.17) is 12.2 Å². The maximum atomic E-state index is 12.6. The van der Waals surface area contributed by atoms with E-state index in [0.717, 1.165) is 28.8 Å². The fourth-order valence-corrected chi connectivity index (χ4v) is 3.18. The molecule has 1 aromatic heterocycles. The zero-order valence-corrected chi connectivity index (χ0v) is 17.1. The average molecular weight is 434 g/mol. The Hall–Kier alpha value is -2.94. The third kappa shape index (κ3) is 5.56. The maximum absolute atomic E-state index is 12.6. The van der Waals surface area contributed by atoms with Crippen molar-refractivity contribution in [2.24, 2.45) is 0 Å². The van der Waals surface area contributed by atoms with Crippen molar-refractivity contribution >= 4 is 18.1 Å². The SMILES string of the molecule is Cc1ccc(-c2n[nH]c(=S)n2CCC(=O)NCCc2ccc(C(F)(F)F)cc2)cc1. The van der Waals surface area contributed by atoms with Crippen molar-refractivity contribution in [3.05, 3.63) is 70.0 Å². The Morgan fingerprint density at radius 1 is 1.13 bits per heavy atom. The number of alkyl halides is 3. The van der Waals surface area contributed by atoms with Crippen molar-refractivity contribution in [1.82, 2.24) is 20.1 Å². The molecule has 0 saturated carbocycles. The van der Waals surface area contributed by atoms with Gasteiger partial charge in [0, 0.05) is 25.1 Å². The first-order valence-electron chi connectivity index (χ1n) is 9.39. The van der Waals surface area contributed by atoms with Gasteiger partial charge in [-0.3, -0.25) is 14.5 Å². The zero-order valence-electron chi connectivity index (χ0n) is 16.3. The van der Waals surface area contributed by atoms with E-state index in [9.17, 15) is 18.0 Å². The molecule has 0 fully saturated rings. The Labute approximate surface area is 176 Å². The molecule has 5 nitrogen and oxygen atoms in total. The smallest absolute Gasteiger partial charge is 0.356 e. The molecule has 0 radical (unpaired) electrons. The molecule has 30 heavy (non-hydrogen) atoms. The quantitative estimate of drug-likeness (QED) is 0.531. The van der Waals surface area contributed by atoms with Crippen LogP contribution in [0.2, 0.25) is 0 Å². The number of hydrogen-bond acceptors (Lipinski definition) is 3. The predicted molar refractivity (Wildman–Crippen MR) is 110 cm³/mol. The number of H-pyrrole nitrogens is 1. The van der Waals surface area contributed by atoms with Gasteiger partial charge >= 0.3 is 6.18 Å². The summed E-state index contributed by atoms with van der Waals surface area (Å²) in [5.41, 5.74) is 2.07. The molecule has 2 aromatic carbocycles. The highest BCUT2D eigenvalue weighted by atomic mass is 32.1. The fourth-order valence-electron chi connectivity index (χ4n) is 2.96. The van der Waals surface area contributed by atoms with Crippen LogP contribution in [0.25, 0.3) is 11.4 Å². The van der Waals surface area contributed by atoms with Gasteiger partial charge < -0.3 is 5.32 Å². The molecule has 9 heteroatoms. The standard InChI is InChI=1S/C21H21F3N4OS/c1-14-2-6-16(7-3-14)19-26-27-20(30)28(19)13-11-18(29)25-12-10-15-4-8-17(9-5-15)21(22,23)24/h2-9H,10-13H2,1H3,(H,25,29)(H,27,30). The summed E-state index contributed by atoms with van der Waals surface area (Å²) in [6, 6.07) is 12.8. The van der Waals surface area contributed by atoms with Gasteiger partial charge in [-0.1, -0.05) is 42.0 Å².